The molecule has 7 nitrogen and oxygen atoms in total. The van der Waals surface area contributed by atoms with Crippen LogP contribution in [0, 0.1) is 19.3 Å². The number of aromatic nitrogens is 3. The molecule has 0 spiro atoms. The topological polar surface area (TPSA) is 89.2 Å². The van der Waals surface area contributed by atoms with Crippen LogP contribution in [-0.2, 0) is 11.8 Å². The Morgan fingerprint density at radius 1 is 1.26 bits per heavy atom. The first-order chi connectivity index (χ1) is 10.6. The number of aliphatic carboxylic acids is 1. The molecule has 1 amide bonds. The zero-order chi connectivity index (χ0) is 17.4. The second kappa shape index (κ2) is 5.91. The average molecular weight is 318 g/mol. The van der Waals surface area contributed by atoms with Crippen molar-refractivity contribution >= 4 is 11.9 Å². The van der Waals surface area contributed by atoms with Gasteiger partial charge in [-0.15, -0.1) is 0 Å². The number of carbonyl (C=O) groups excluding carboxylic acids is 1. The van der Waals surface area contributed by atoms with Crippen LogP contribution in [0.4, 0.5) is 0 Å². The largest absolute Gasteiger partial charge is 0.481 e. The van der Waals surface area contributed by atoms with Gasteiger partial charge in [-0.3, -0.25) is 14.3 Å². The average Bonchev–Trinajstić information content (AvgIpc) is 2.99. The second-order valence-corrected chi connectivity index (χ2v) is 6.33. The van der Waals surface area contributed by atoms with E-state index in [-0.39, 0.29) is 12.5 Å². The van der Waals surface area contributed by atoms with Gasteiger partial charge in [0.1, 0.15) is 11.4 Å². The van der Waals surface area contributed by atoms with Crippen molar-refractivity contribution < 1.29 is 14.7 Å². The van der Waals surface area contributed by atoms with Crippen molar-refractivity contribution in [1.29, 1.82) is 0 Å². The van der Waals surface area contributed by atoms with Crippen LogP contribution in [-0.4, -0.2) is 37.9 Å². The maximum absolute atomic E-state index is 12.5. The summed E-state index contributed by atoms with van der Waals surface area (Å²) in [4.78, 5) is 23.6. The molecule has 2 N–H and O–H groups in total. The van der Waals surface area contributed by atoms with Crippen LogP contribution in [0.25, 0.3) is 5.82 Å². The third-order valence-corrected chi connectivity index (χ3v) is 3.90. The summed E-state index contributed by atoms with van der Waals surface area (Å²) in [5, 5.41) is 16.0. The van der Waals surface area contributed by atoms with E-state index >= 15 is 0 Å². The predicted molar refractivity (Wildman–Crippen MR) is 85.8 cm³/mol. The molecule has 0 bridgehead atoms. The molecule has 0 radical (unpaired) electrons. The van der Waals surface area contributed by atoms with Gasteiger partial charge in [-0.05, 0) is 39.8 Å². The molecular weight excluding hydrogens is 296 g/mol. The number of hydrogen-bond acceptors (Lipinski definition) is 3. The number of carboxylic acids is 1. The van der Waals surface area contributed by atoms with E-state index in [9.17, 15) is 9.59 Å². The molecule has 0 atom stereocenters. The van der Waals surface area contributed by atoms with Crippen LogP contribution < -0.4 is 5.32 Å². The quantitative estimate of drug-likeness (QED) is 0.877. The van der Waals surface area contributed by atoms with Crippen molar-refractivity contribution in [2.45, 2.75) is 27.7 Å². The summed E-state index contributed by atoms with van der Waals surface area (Å²) in [6, 6.07) is 3.94. The van der Waals surface area contributed by atoms with Gasteiger partial charge in [0.15, 0.2) is 0 Å². The fourth-order valence-electron chi connectivity index (χ4n) is 2.33. The van der Waals surface area contributed by atoms with E-state index in [1.807, 2.05) is 30.5 Å². The summed E-state index contributed by atoms with van der Waals surface area (Å²) in [6.45, 7) is 7.09. The van der Waals surface area contributed by atoms with Gasteiger partial charge < -0.3 is 15.0 Å². The number of aryl methyl sites for hydroxylation is 3. The van der Waals surface area contributed by atoms with E-state index < -0.39 is 11.4 Å². The molecule has 0 fully saturated rings. The third-order valence-electron chi connectivity index (χ3n) is 3.90. The highest BCUT2D eigenvalue weighted by atomic mass is 16.4. The number of nitrogens with zero attached hydrogens (tertiary/aromatic N) is 3. The van der Waals surface area contributed by atoms with Crippen LogP contribution in [0.3, 0.4) is 0 Å². The van der Waals surface area contributed by atoms with Crippen LogP contribution >= 0.6 is 0 Å². The third kappa shape index (κ3) is 3.13. The monoisotopic (exact) mass is 318 g/mol. The van der Waals surface area contributed by atoms with Crippen molar-refractivity contribution in [2.75, 3.05) is 6.54 Å². The van der Waals surface area contributed by atoms with Gasteiger partial charge in [0.25, 0.3) is 5.91 Å². The molecule has 0 aliphatic heterocycles. The van der Waals surface area contributed by atoms with Crippen molar-refractivity contribution in [3.63, 3.8) is 0 Å². The van der Waals surface area contributed by atoms with E-state index in [2.05, 4.69) is 10.4 Å². The van der Waals surface area contributed by atoms with Crippen molar-refractivity contribution in [3.05, 3.63) is 35.3 Å². The van der Waals surface area contributed by atoms with Crippen LogP contribution in [0.1, 0.15) is 35.6 Å². The number of hydrogen-bond donors (Lipinski definition) is 2. The Hall–Kier alpha value is -2.57. The zero-order valence-electron chi connectivity index (χ0n) is 14.0. The summed E-state index contributed by atoms with van der Waals surface area (Å²) in [5.41, 5.74) is 1.37. The molecule has 23 heavy (non-hydrogen) atoms. The van der Waals surface area contributed by atoms with Gasteiger partial charge in [0.2, 0.25) is 0 Å². The number of amides is 1. The highest BCUT2D eigenvalue weighted by Gasteiger charge is 2.29. The minimum Gasteiger partial charge on any atom is -0.481 e. The first-order valence-corrected chi connectivity index (χ1v) is 7.34. The lowest BCUT2D eigenvalue weighted by molar-refractivity contribution is -0.146. The zero-order valence-corrected chi connectivity index (χ0v) is 14.0. The normalized spacial score (nSPS) is 11.5. The summed E-state index contributed by atoms with van der Waals surface area (Å²) in [6.07, 6.45) is 1.50. The van der Waals surface area contributed by atoms with Gasteiger partial charge in [-0.25, -0.2) is 0 Å². The lowest BCUT2D eigenvalue weighted by Crippen LogP contribution is -2.39. The fourth-order valence-corrected chi connectivity index (χ4v) is 2.33. The Balaban J connectivity index is 2.32. The fraction of sp³-hybridized carbons (Fsp3) is 0.438. The van der Waals surface area contributed by atoms with Crippen LogP contribution in [0.2, 0.25) is 0 Å². The Kier molecular flexibility index (Phi) is 4.31. The van der Waals surface area contributed by atoms with Gasteiger partial charge >= 0.3 is 5.97 Å². The standard InChI is InChI=1S/C16H22N4O3/c1-10-6-7-11(2)20(10)14-12(8-18-19(14)5)13(21)17-9-16(3,4)15(22)23/h6-8H,9H2,1-5H3,(H,17,21)(H,22,23). The minimum absolute atomic E-state index is 0.0408. The molecule has 0 aliphatic rings. The molecule has 2 rings (SSSR count). The maximum atomic E-state index is 12.5. The van der Waals surface area contributed by atoms with E-state index in [1.165, 1.54) is 6.20 Å². The maximum Gasteiger partial charge on any atom is 0.310 e. The highest BCUT2D eigenvalue weighted by molar-refractivity contribution is 5.97. The molecule has 124 valence electrons. The Morgan fingerprint density at radius 3 is 2.35 bits per heavy atom. The first-order valence-electron chi connectivity index (χ1n) is 7.34. The van der Waals surface area contributed by atoms with Crippen molar-refractivity contribution in [2.24, 2.45) is 12.5 Å². The van der Waals surface area contributed by atoms with Crippen molar-refractivity contribution in [1.82, 2.24) is 19.7 Å². The Labute approximate surface area is 134 Å². The lowest BCUT2D eigenvalue weighted by atomic mass is 9.94. The van der Waals surface area contributed by atoms with Gasteiger partial charge in [0.05, 0.1) is 11.6 Å². The Bertz CT molecular complexity index is 736. The number of carbonyl (C=O) groups is 2. The lowest BCUT2D eigenvalue weighted by Gasteiger charge is -2.19. The summed E-state index contributed by atoms with van der Waals surface area (Å²) in [5.74, 6) is -0.633. The molecular formula is C16H22N4O3. The van der Waals surface area contributed by atoms with Gasteiger partial charge in [0, 0.05) is 25.0 Å². The molecule has 0 aromatic carbocycles. The number of carboxylic acid groups (broad SMARTS) is 1. The SMILES string of the molecule is Cc1ccc(C)n1-c1c(C(=O)NCC(C)(C)C(=O)O)cnn1C. The van der Waals surface area contributed by atoms with E-state index in [0.29, 0.717) is 11.4 Å². The number of nitrogens with one attached hydrogen (secondary N) is 1. The number of rotatable bonds is 5. The Morgan fingerprint density at radius 2 is 1.83 bits per heavy atom. The van der Waals surface area contributed by atoms with Crippen LogP contribution in [0.15, 0.2) is 18.3 Å². The first kappa shape index (κ1) is 16.8. The second-order valence-electron chi connectivity index (χ2n) is 6.33. The highest BCUT2D eigenvalue weighted by Crippen LogP contribution is 2.20. The van der Waals surface area contributed by atoms with Gasteiger partial charge in [-0.2, -0.15) is 5.10 Å². The molecule has 2 aromatic rings. The molecule has 2 aromatic heterocycles. The summed E-state index contributed by atoms with van der Waals surface area (Å²) >= 11 is 0. The van der Waals surface area contributed by atoms with E-state index in [0.717, 1.165) is 11.4 Å². The molecule has 2 heterocycles. The van der Waals surface area contributed by atoms with E-state index in [1.54, 1.807) is 25.6 Å². The molecule has 0 aliphatic carbocycles. The minimum atomic E-state index is -1.03. The molecule has 0 unspecified atom stereocenters. The summed E-state index contributed by atoms with van der Waals surface area (Å²) in [7, 11) is 1.77. The summed E-state index contributed by atoms with van der Waals surface area (Å²) < 4.78 is 3.58. The van der Waals surface area contributed by atoms with Crippen LogP contribution in [0.5, 0.6) is 0 Å². The molecule has 0 saturated heterocycles. The smallest absolute Gasteiger partial charge is 0.310 e. The van der Waals surface area contributed by atoms with Crippen molar-refractivity contribution in [3.8, 4) is 5.82 Å². The molecule has 7 heteroatoms. The molecule has 0 saturated carbocycles. The van der Waals surface area contributed by atoms with E-state index in [4.69, 9.17) is 5.11 Å². The predicted octanol–water partition coefficient (Wildman–Crippen LogP) is 1.67. The van der Waals surface area contributed by atoms with Gasteiger partial charge in [-0.1, -0.05) is 0 Å².